The Morgan fingerprint density at radius 3 is 2.89 bits per heavy atom. The van der Waals surface area contributed by atoms with Crippen LogP contribution in [0.2, 0.25) is 0 Å². The van der Waals surface area contributed by atoms with Crippen LogP contribution in [0.25, 0.3) is 0 Å². The third kappa shape index (κ3) is 3.54. The first-order valence-corrected chi connectivity index (χ1v) is 6.42. The van der Waals surface area contributed by atoms with Crippen molar-refractivity contribution in [3.63, 3.8) is 0 Å². The van der Waals surface area contributed by atoms with Crippen LogP contribution < -0.4 is 5.73 Å². The average molecular weight is 261 g/mol. The Morgan fingerprint density at radius 2 is 2.21 bits per heavy atom. The molecule has 0 aliphatic heterocycles. The highest BCUT2D eigenvalue weighted by atomic mass is 16.5. The molecule has 1 aromatic carbocycles. The summed E-state index contributed by atoms with van der Waals surface area (Å²) in [5.41, 5.74) is 7.68. The van der Waals surface area contributed by atoms with Gasteiger partial charge in [0.1, 0.15) is 6.10 Å². The third-order valence-electron chi connectivity index (χ3n) is 3.01. The summed E-state index contributed by atoms with van der Waals surface area (Å²) in [5.74, 6) is 1.25. The Balaban J connectivity index is 1.97. The predicted octanol–water partition coefficient (Wildman–Crippen LogP) is 2.53. The van der Waals surface area contributed by atoms with Crippen molar-refractivity contribution in [2.75, 3.05) is 12.8 Å². The third-order valence-corrected chi connectivity index (χ3v) is 3.01. The number of aryl methyl sites for hydroxylation is 2. The largest absolute Gasteiger partial charge is 0.399 e. The van der Waals surface area contributed by atoms with E-state index >= 15 is 0 Å². The second kappa shape index (κ2) is 6.33. The standard InChI is InChI=1S/C14H19N3O2/c1-3-12(18-2)14-16-13(19-17-14)8-7-10-5-4-6-11(15)9-10/h4-6,9,12H,3,7-8,15H2,1-2H3. The van der Waals surface area contributed by atoms with Gasteiger partial charge in [-0.3, -0.25) is 0 Å². The van der Waals surface area contributed by atoms with E-state index in [-0.39, 0.29) is 6.10 Å². The molecular formula is C14H19N3O2. The molecule has 0 fully saturated rings. The molecule has 0 bridgehead atoms. The van der Waals surface area contributed by atoms with Crippen LogP contribution in [-0.2, 0) is 17.6 Å². The van der Waals surface area contributed by atoms with Crippen molar-refractivity contribution in [2.24, 2.45) is 0 Å². The molecule has 0 saturated carbocycles. The molecule has 0 radical (unpaired) electrons. The lowest BCUT2D eigenvalue weighted by atomic mass is 10.1. The van der Waals surface area contributed by atoms with Gasteiger partial charge in [0.25, 0.3) is 0 Å². The summed E-state index contributed by atoms with van der Waals surface area (Å²) in [6.45, 7) is 2.02. The number of methoxy groups -OCH3 is 1. The molecule has 19 heavy (non-hydrogen) atoms. The van der Waals surface area contributed by atoms with Crippen LogP contribution in [0.5, 0.6) is 0 Å². The lowest BCUT2D eigenvalue weighted by molar-refractivity contribution is 0.0903. The average Bonchev–Trinajstić information content (AvgIpc) is 2.87. The molecule has 1 unspecified atom stereocenters. The molecule has 5 heteroatoms. The quantitative estimate of drug-likeness (QED) is 0.809. The second-order valence-corrected chi connectivity index (χ2v) is 4.42. The maximum absolute atomic E-state index is 5.74. The number of ether oxygens (including phenoxy) is 1. The van der Waals surface area contributed by atoms with Crippen LogP contribution in [0.3, 0.4) is 0 Å². The fourth-order valence-electron chi connectivity index (χ4n) is 1.95. The minimum atomic E-state index is -0.0927. The van der Waals surface area contributed by atoms with Gasteiger partial charge in [-0.05, 0) is 30.5 Å². The van der Waals surface area contributed by atoms with Crippen molar-refractivity contribution in [3.8, 4) is 0 Å². The summed E-state index contributed by atoms with van der Waals surface area (Å²) in [6.07, 6.45) is 2.27. The van der Waals surface area contributed by atoms with Gasteiger partial charge in [0, 0.05) is 19.2 Å². The van der Waals surface area contributed by atoms with Crippen molar-refractivity contribution in [1.29, 1.82) is 0 Å². The molecule has 0 saturated heterocycles. The predicted molar refractivity (Wildman–Crippen MR) is 72.6 cm³/mol. The zero-order chi connectivity index (χ0) is 13.7. The molecule has 2 rings (SSSR count). The fourth-order valence-corrected chi connectivity index (χ4v) is 1.95. The zero-order valence-corrected chi connectivity index (χ0v) is 11.3. The molecule has 5 nitrogen and oxygen atoms in total. The topological polar surface area (TPSA) is 74.2 Å². The summed E-state index contributed by atoms with van der Waals surface area (Å²) in [5, 5.41) is 3.95. The van der Waals surface area contributed by atoms with E-state index in [4.69, 9.17) is 15.0 Å². The van der Waals surface area contributed by atoms with Crippen LogP contribution in [0.4, 0.5) is 5.69 Å². The summed E-state index contributed by atoms with van der Waals surface area (Å²) < 4.78 is 10.5. The number of nitrogen functional groups attached to an aromatic ring is 1. The summed E-state index contributed by atoms with van der Waals surface area (Å²) in [4.78, 5) is 4.36. The molecule has 0 aliphatic carbocycles. The number of hydrogen-bond donors (Lipinski definition) is 1. The van der Waals surface area contributed by atoms with E-state index in [1.54, 1.807) is 7.11 Å². The number of rotatable bonds is 6. The van der Waals surface area contributed by atoms with Gasteiger partial charge < -0.3 is 15.0 Å². The second-order valence-electron chi connectivity index (χ2n) is 4.42. The lowest BCUT2D eigenvalue weighted by Gasteiger charge is -2.06. The van der Waals surface area contributed by atoms with E-state index in [9.17, 15) is 0 Å². The van der Waals surface area contributed by atoms with Crippen molar-refractivity contribution in [2.45, 2.75) is 32.3 Å². The highest BCUT2D eigenvalue weighted by molar-refractivity contribution is 5.40. The Kier molecular flexibility index (Phi) is 4.52. The van der Waals surface area contributed by atoms with Crippen molar-refractivity contribution >= 4 is 5.69 Å². The minimum absolute atomic E-state index is 0.0927. The van der Waals surface area contributed by atoms with E-state index in [1.807, 2.05) is 31.2 Å². The number of benzene rings is 1. The van der Waals surface area contributed by atoms with Gasteiger partial charge >= 0.3 is 0 Å². The Bertz CT molecular complexity index is 521. The molecule has 1 atom stereocenters. The Labute approximate surface area is 112 Å². The maximum Gasteiger partial charge on any atom is 0.227 e. The number of anilines is 1. The molecule has 1 aromatic heterocycles. The van der Waals surface area contributed by atoms with Gasteiger partial charge in [0.15, 0.2) is 0 Å². The van der Waals surface area contributed by atoms with Crippen LogP contribution in [0.15, 0.2) is 28.8 Å². The normalized spacial score (nSPS) is 12.5. The van der Waals surface area contributed by atoms with Crippen LogP contribution in [-0.4, -0.2) is 17.3 Å². The number of nitrogens with zero attached hydrogens (tertiary/aromatic N) is 2. The molecule has 0 amide bonds. The van der Waals surface area contributed by atoms with E-state index < -0.39 is 0 Å². The van der Waals surface area contributed by atoms with E-state index in [2.05, 4.69) is 10.1 Å². The van der Waals surface area contributed by atoms with Gasteiger partial charge in [-0.2, -0.15) is 4.98 Å². The van der Waals surface area contributed by atoms with Gasteiger partial charge in [-0.1, -0.05) is 24.2 Å². The van der Waals surface area contributed by atoms with E-state index in [0.29, 0.717) is 18.1 Å². The number of aromatic nitrogens is 2. The SMILES string of the molecule is CCC(OC)c1noc(CCc2cccc(N)c2)n1. The minimum Gasteiger partial charge on any atom is -0.399 e. The summed E-state index contributed by atoms with van der Waals surface area (Å²) in [6, 6.07) is 7.82. The molecule has 2 N–H and O–H groups in total. The van der Waals surface area contributed by atoms with Gasteiger partial charge in [0.05, 0.1) is 0 Å². The van der Waals surface area contributed by atoms with Crippen LogP contribution in [0, 0.1) is 0 Å². The first-order valence-electron chi connectivity index (χ1n) is 6.42. The molecule has 2 aromatic rings. The number of hydrogen-bond acceptors (Lipinski definition) is 5. The highest BCUT2D eigenvalue weighted by Gasteiger charge is 2.15. The summed E-state index contributed by atoms with van der Waals surface area (Å²) >= 11 is 0. The van der Waals surface area contributed by atoms with Gasteiger partial charge in [-0.25, -0.2) is 0 Å². The van der Waals surface area contributed by atoms with E-state index in [1.165, 1.54) is 5.56 Å². The first-order chi connectivity index (χ1) is 9.22. The molecule has 102 valence electrons. The molecule has 1 heterocycles. The smallest absolute Gasteiger partial charge is 0.227 e. The maximum atomic E-state index is 5.74. The van der Waals surface area contributed by atoms with Crippen LogP contribution in [0.1, 0.15) is 36.7 Å². The summed E-state index contributed by atoms with van der Waals surface area (Å²) in [7, 11) is 1.65. The molecule has 0 spiro atoms. The zero-order valence-electron chi connectivity index (χ0n) is 11.3. The monoisotopic (exact) mass is 261 g/mol. The molecular weight excluding hydrogens is 242 g/mol. The van der Waals surface area contributed by atoms with E-state index in [0.717, 1.165) is 18.5 Å². The number of nitrogens with two attached hydrogens (primary N) is 1. The Morgan fingerprint density at radius 1 is 1.37 bits per heavy atom. The highest BCUT2D eigenvalue weighted by Crippen LogP contribution is 2.17. The first kappa shape index (κ1) is 13.5. The van der Waals surface area contributed by atoms with Crippen molar-refractivity contribution in [1.82, 2.24) is 10.1 Å². The van der Waals surface area contributed by atoms with Crippen molar-refractivity contribution < 1.29 is 9.26 Å². The van der Waals surface area contributed by atoms with Gasteiger partial charge in [-0.15, -0.1) is 0 Å². The lowest BCUT2D eigenvalue weighted by Crippen LogP contribution is -2.02. The van der Waals surface area contributed by atoms with Crippen molar-refractivity contribution in [3.05, 3.63) is 41.5 Å². The molecule has 0 aliphatic rings. The fraction of sp³-hybridized carbons (Fsp3) is 0.429. The van der Waals surface area contributed by atoms with Gasteiger partial charge in [0.2, 0.25) is 11.7 Å². The Hall–Kier alpha value is -1.88. The van der Waals surface area contributed by atoms with Crippen LogP contribution >= 0.6 is 0 Å².